The Balaban J connectivity index is 2.60. The number of hydrogen-bond acceptors (Lipinski definition) is 2. The molecule has 16 heavy (non-hydrogen) atoms. The van der Waals surface area contributed by atoms with Gasteiger partial charge >= 0.3 is 11.9 Å². The van der Waals surface area contributed by atoms with Gasteiger partial charge in [-0.1, -0.05) is 11.6 Å². The summed E-state index contributed by atoms with van der Waals surface area (Å²) in [6.07, 6.45) is 1.69. The summed E-state index contributed by atoms with van der Waals surface area (Å²) in [5, 5.41) is 1.40. The molecule has 0 aromatic carbocycles. The molecule has 2 aromatic rings. The molecule has 0 radical (unpaired) electrons. The van der Waals surface area contributed by atoms with Crippen LogP contribution in [-0.4, -0.2) is 9.55 Å². The van der Waals surface area contributed by atoms with Crippen molar-refractivity contribution in [2.45, 2.75) is 11.9 Å². The number of pyridine rings is 1. The lowest BCUT2D eigenvalue weighted by Crippen LogP contribution is -2.00. The Morgan fingerprint density at radius 1 is 1.44 bits per heavy atom. The van der Waals surface area contributed by atoms with Crippen molar-refractivity contribution in [3.63, 3.8) is 0 Å². The van der Waals surface area contributed by atoms with Gasteiger partial charge in [-0.2, -0.15) is 0 Å². The smallest absolute Gasteiger partial charge is 0.286 e. The topological polar surface area (TPSA) is 22.2 Å². The lowest BCUT2D eigenvalue weighted by Gasteiger charge is -2.07. The maximum absolute atomic E-state index is 6.88. The molecule has 2 rings (SSSR count). The Hall–Kier alpha value is -1.44. The minimum Gasteiger partial charge on any atom is -0.286 e. The van der Waals surface area contributed by atoms with Crippen LogP contribution in [0.15, 0.2) is 35.5 Å². The summed E-state index contributed by atoms with van der Waals surface area (Å²) in [4.78, 5) is 4.24. The highest BCUT2D eigenvalue weighted by molar-refractivity contribution is 8.01. The number of aryl methyl sites for hydroxylation is 1. The van der Waals surface area contributed by atoms with Crippen LogP contribution in [0, 0.1) is 13.5 Å². The van der Waals surface area contributed by atoms with Crippen LogP contribution >= 0.6 is 23.5 Å². The van der Waals surface area contributed by atoms with Crippen molar-refractivity contribution >= 4 is 23.5 Å². The van der Waals surface area contributed by atoms with Crippen LogP contribution in [0.2, 0.25) is 5.02 Å². The molecule has 0 atom stereocenters. The van der Waals surface area contributed by atoms with Gasteiger partial charge < -0.3 is 0 Å². The van der Waals surface area contributed by atoms with Crippen LogP contribution in [0.3, 0.4) is 0 Å². The first-order valence-corrected chi connectivity index (χ1v) is 5.72. The van der Waals surface area contributed by atoms with E-state index in [-0.39, 0.29) is 0 Å². The highest BCUT2D eigenvalue weighted by Crippen LogP contribution is 2.28. The average molecular weight is 250 g/mol. The Morgan fingerprint density at radius 3 is 2.94 bits per heavy atom. The summed E-state index contributed by atoms with van der Waals surface area (Å²) in [5.74, 6) is 0.665. The zero-order valence-electron chi connectivity index (χ0n) is 8.51. The van der Waals surface area contributed by atoms with Gasteiger partial charge in [0.1, 0.15) is 0 Å². The molecule has 0 bridgehead atoms. The average Bonchev–Trinajstić information content (AvgIpc) is 2.62. The van der Waals surface area contributed by atoms with Gasteiger partial charge in [0.05, 0.1) is 5.02 Å². The molecule has 0 aliphatic rings. The van der Waals surface area contributed by atoms with Gasteiger partial charge in [0.2, 0.25) is 0 Å². The van der Waals surface area contributed by atoms with E-state index in [2.05, 4.69) is 9.23 Å². The van der Waals surface area contributed by atoms with E-state index in [1.807, 2.05) is 23.6 Å². The highest BCUT2D eigenvalue weighted by atomic mass is 35.5. The Labute approximate surface area is 103 Å². The first kappa shape index (κ1) is 11.1. The van der Waals surface area contributed by atoms with E-state index in [1.54, 1.807) is 18.3 Å². The molecule has 0 aliphatic heterocycles. The first-order chi connectivity index (χ1) is 7.74. The molecule has 2 heterocycles. The molecule has 5 heteroatoms. The van der Waals surface area contributed by atoms with Gasteiger partial charge in [-0.05, 0) is 31.2 Å². The van der Waals surface area contributed by atoms with Gasteiger partial charge in [0.15, 0.2) is 10.8 Å². The van der Waals surface area contributed by atoms with Crippen molar-refractivity contribution in [3.05, 3.63) is 52.0 Å². The molecule has 0 saturated heterocycles. The van der Waals surface area contributed by atoms with E-state index in [1.165, 1.54) is 0 Å². The number of rotatable bonds is 2. The van der Waals surface area contributed by atoms with Crippen LogP contribution in [0.25, 0.3) is 10.1 Å². The third kappa shape index (κ3) is 1.92. The number of halogens is 1. The van der Waals surface area contributed by atoms with Crippen molar-refractivity contribution < 1.29 is 0 Å². The predicted molar refractivity (Wildman–Crippen MR) is 65.8 cm³/mol. The standard InChI is InChI=1S/C11H8ClN3S/c1-8-5-6-10(16-13-2)15(8)11-9(12)4-3-7-14-11/h3-7H,1H3. The summed E-state index contributed by atoms with van der Waals surface area (Å²) in [5.41, 5.74) is 1.01. The zero-order valence-corrected chi connectivity index (χ0v) is 10.1. The Bertz CT molecular complexity index is 557. The summed E-state index contributed by atoms with van der Waals surface area (Å²) >= 11 is 7.17. The molecular formula is C11H8ClN3S. The summed E-state index contributed by atoms with van der Waals surface area (Å²) in [7, 11) is 0. The highest BCUT2D eigenvalue weighted by Gasteiger charge is 2.14. The first-order valence-electron chi connectivity index (χ1n) is 4.57. The lowest BCUT2D eigenvalue weighted by atomic mass is 10.4. The van der Waals surface area contributed by atoms with Crippen LogP contribution < -0.4 is 0 Å². The van der Waals surface area contributed by atoms with E-state index in [0.29, 0.717) is 10.8 Å². The fourth-order valence-electron chi connectivity index (χ4n) is 1.45. The van der Waals surface area contributed by atoms with Crippen LogP contribution in [-0.2, 0) is 0 Å². The normalized spacial score (nSPS) is 10.1. The van der Waals surface area contributed by atoms with E-state index in [0.717, 1.165) is 22.7 Å². The van der Waals surface area contributed by atoms with Crippen molar-refractivity contribution in [1.82, 2.24) is 9.55 Å². The van der Waals surface area contributed by atoms with Crippen molar-refractivity contribution in [3.8, 4) is 5.82 Å². The van der Waals surface area contributed by atoms with E-state index < -0.39 is 0 Å². The van der Waals surface area contributed by atoms with Crippen molar-refractivity contribution in [2.75, 3.05) is 0 Å². The maximum Gasteiger partial charge on any atom is 0.313 e. The maximum atomic E-state index is 6.88. The second kappa shape index (κ2) is 4.60. The monoisotopic (exact) mass is 249 g/mol. The van der Waals surface area contributed by atoms with Gasteiger partial charge in [-0.25, -0.2) is 15.8 Å². The minimum absolute atomic E-state index is 0.577. The molecule has 3 nitrogen and oxygen atoms in total. The quantitative estimate of drug-likeness (QED) is 0.597. The van der Waals surface area contributed by atoms with E-state index >= 15 is 0 Å². The van der Waals surface area contributed by atoms with E-state index in [9.17, 15) is 0 Å². The molecule has 80 valence electrons. The molecule has 0 saturated carbocycles. The molecule has 0 spiro atoms. The second-order valence-electron chi connectivity index (χ2n) is 3.14. The van der Waals surface area contributed by atoms with Crippen LogP contribution in [0.4, 0.5) is 0 Å². The summed E-state index contributed by atoms with van der Waals surface area (Å²) in [6, 6.07) is 7.41. The Kier molecular flexibility index (Phi) is 3.18. The zero-order chi connectivity index (χ0) is 11.5. The van der Waals surface area contributed by atoms with Crippen LogP contribution in [0.5, 0.6) is 0 Å². The second-order valence-corrected chi connectivity index (χ2v) is 4.33. The third-order valence-corrected chi connectivity index (χ3v) is 3.02. The SMILES string of the molecule is [C-]#[N+]Sc1ccc(C)n1-c1ncccc1Cl. The number of nitrogens with zero attached hydrogens (tertiary/aromatic N) is 3. The third-order valence-electron chi connectivity index (χ3n) is 2.13. The molecule has 2 aromatic heterocycles. The largest absolute Gasteiger partial charge is 0.313 e. The summed E-state index contributed by atoms with van der Waals surface area (Å²) < 4.78 is 5.19. The predicted octanol–water partition coefficient (Wildman–Crippen LogP) is 3.76. The molecule has 0 fully saturated rings. The minimum atomic E-state index is 0.577. The molecule has 0 amide bonds. The Morgan fingerprint density at radius 2 is 2.25 bits per heavy atom. The molecular weight excluding hydrogens is 242 g/mol. The van der Waals surface area contributed by atoms with Gasteiger partial charge in [0.25, 0.3) is 0 Å². The van der Waals surface area contributed by atoms with E-state index in [4.69, 9.17) is 18.2 Å². The molecule has 0 unspecified atom stereocenters. The lowest BCUT2D eigenvalue weighted by molar-refractivity contribution is 0.878. The van der Waals surface area contributed by atoms with Gasteiger partial charge in [-0.3, -0.25) is 4.57 Å². The van der Waals surface area contributed by atoms with Crippen molar-refractivity contribution in [1.29, 1.82) is 0 Å². The molecule has 0 aliphatic carbocycles. The van der Waals surface area contributed by atoms with Crippen LogP contribution in [0.1, 0.15) is 5.69 Å². The number of hydrogen-bond donors (Lipinski definition) is 0. The summed E-state index contributed by atoms with van der Waals surface area (Å²) in [6.45, 7) is 8.84. The van der Waals surface area contributed by atoms with Gasteiger partial charge in [-0.15, -0.1) is 0 Å². The molecule has 0 N–H and O–H groups in total. The fourth-order valence-corrected chi connectivity index (χ4v) is 2.19. The number of aromatic nitrogens is 2. The van der Waals surface area contributed by atoms with Gasteiger partial charge in [0, 0.05) is 11.9 Å². The van der Waals surface area contributed by atoms with Crippen molar-refractivity contribution in [2.24, 2.45) is 0 Å². The fraction of sp³-hybridized carbons (Fsp3) is 0.0909.